The third-order valence-electron chi connectivity index (χ3n) is 2.35. The van der Waals surface area contributed by atoms with Gasteiger partial charge in [0.15, 0.2) is 7.05 Å². The molecule has 0 aliphatic rings. The van der Waals surface area contributed by atoms with E-state index in [-0.39, 0.29) is 11.4 Å². The largest absolute Gasteiger partial charge is 0.373 e. The first-order valence-corrected chi connectivity index (χ1v) is 5.93. The van der Waals surface area contributed by atoms with E-state index in [2.05, 4.69) is 31.3 Å². The van der Waals surface area contributed by atoms with Gasteiger partial charge >= 0.3 is 17.3 Å². The first-order chi connectivity index (χ1) is 8.99. The van der Waals surface area contributed by atoms with Crippen molar-refractivity contribution in [2.75, 3.05) is 5.32 Å². The molecule has 0 atom stereocenters. The molecule has 9 heteroatoms. The minimum Gasteiger partial charge on any atom is -0.301 e. The summed E-state index contributed by atoms with van der Waals surface area (Å²) in [5.74, 6) is -0.297. The Hall–Kier alpha value is -2.29. The zero-order chi connectivity index (χ0) is 14.0. The van der Waals surface area contributed by atoms with Crippen molar-refractivity contribution in [1.29, 1.82) is 0 Å². The van der Waals surface area contributed by atoms with Gasteiger partial charge < -0.3 is 5.32 Å². The van der Waals surface area contributed by atoms with E-state index < -0.39 is 10.8 Å². The number of nitro groups is 1. The number of anilines is 1. The van der Waals surface area contributed by atoms with Crippen LogP contribution in [0.2, 0.25) is 0 Å². The average Bonchev–Trinajstić information content (AvgIpc) is 2.74. The molecule has 0 saturated heterocycles. The lowest BCUT2D eigenvalue weighted by molar-refractivity contribution is -0.729. The highest BCUT2D eigenvalue weighted by atomic mass is 79.9. The lowest BCUT2D eigenvalue weighted by Gasteiger charge is -2.00. The Balaban J connectivity index is 2.27. The van der Waals surface area contributed by atoms with Crippen LogP contribution in [-0.4, -0.2) is 20.9 Å². The molecule has 98 valence electrons. The highest BCUT2D eigenvalue weighted by Gasteiger charge is 2.33. The van der Waals surface area contributed by atoms with E-state index >= 15 is 0 Å². The van der Waals surface area contributed by atoms with Gasteiger partial charge in [-0.25, -0.2) is 4.98 Å². The minimum atomic E-state index is -0.625. The molecule has 1 amide bonds. The molecule has 0 aliphatic carbocycles. The van der Waals surface area contributed by atoms with Crippen molar-refractivity contribution >= 4 is 33.3 Å². The van der Waals surface area contributed by atoms with Gasteiger partial charge in [0.2, 0.25) is 0 Å². The second-order valence-electron chi connectivity index (χ2n) is 3.64. The SMILES string of the molecule is C[n+]1[nH]cc([N+](=O)[O-])c1C(=O)Nc1ccc(Br)cn1. The molecule has 0 radical (unpaired) electrons. The molecule has 0 aromatic carbocycles. The van der Waals surface area contributed by atoms with Crippen LogP contribution in [0.3, 0.4) is 0 Å². The molecule has 0 bridgehead atoms. The predicted octanol–water partition coefficient (Wildman–Crippen LogP) is 1.16. The van der Waals surface area contributed by atoms with Gasteiger partial charge in [-0.3, -0.25) is 14.9 Å². The van der Waals surface area contributed by atoms with Crippen LogP contribution in [0.4, 0.5) is 11.5 Å². The molecule has 0 fully saturated rings. The first kappa shape index (κ1) is 13.1. The zero-order valence-electron chi connectivity index (χ0n) is 9.75. The predicted molar refractivity (Wildman–Crippen MR) is 68.5 cm³/mol. The molecule has 2 aromatic heterocycles. The van der Waals surface area contributed by atoms with Crippen molar-refractivity contribution in [3.63, 3.8) is 0 Å². The number of amides is 1. The van der Waals surface area contributed by atoms with Gasteiger partial charge in [-0.15, -0.1) is 4.68 Å². The van der Waals surface area contributed by atoms with Crippen LogP contribution in [0, 0.1) is 10.1 Å². The fourth-order valence-electron chi connectivity index (χ4n) is 1.50. The number of nitrogens with zero attached hydrogens (tertiary/aromatic N) is 3. The number of hydrogen-bond acceptors (Lipinski definition) is 4. The highest BCUT2D eigenvalue weighted by molar-refractivity contribution is 9.10. The van der Waals surface area contributed by atoms with Crippen molar-refractivity contribution in [3.8, 4) is 0 Å². The standard InChI is InChI=1S/C10H8BrN5O3/c1-15-9(7(5-13-15)16(18)19)10(17)14-8-3-2-6(11)4-12-8/h2-5H,1H3,(H,12,14,17)/p+1. The van der Waals surface area contributed by atoms with E-state index in [4.69, 9.17) is 0 Å². The molecule has 19 heavy (non-hydrogen) atoms. The van der Waals surface area contributed by atoms with Crippen molar-refractivity contribution < 1.29 is 14.4 Å². The van der Waals surface area contributed by atoms with Crippen molar-refractivity contribution in [1.82, 2.24) is 10.1 Å². The first-order valence-electron chi connectivity index (χ1n) is 5.13. The zero-order valence-corrected chi connectivity index (χ0v) is 11.3. The van der Waals surface area contributed by atoms with Crippen LogP contribution in [0.15, 0.2) is 29.0 Å². The normalized spacial score (nSPS) is 10.2. The van der Waals surface area contributed by atoms with Crippen LogP contribution in [0.1, 0.15) is 10.5 Å². The molecule has 2 rings (SSSR count). The number of aromatic amines is 1. The maximum Gasteiger partial charge on any atom is 0.373 e. The van der Waals surface area contributed by atoms with Crippen LogP contribution >= 0.6 is 15.9 Å². The highest BCUT2D eigenvalue weighted by Crippen LogP contribution is 2.15. The van der Waals surface area contributed by atoms with Crippen LogP contribution in [0.25, 0.3) is 0 Å². The Morgan fingerprint density at radius 1 is 1.58 bits per heavy atom. The van der Waals surface area contributed by atoms with Crippen molar-refractivity contribution in [2.24, 2.45) is 7.05 Å². The Kier molecular flexibility index (Phi) is 3.56. The minimum absolute atomic E-state index is 0.0743. The summed E-state index contributed by atoms with van der Waals surface area (Å²) in [6.45, 7) is 0. The van der Waals surface area contributed by atoms with Gasteiger partial charge in [-0.2, -0.15) is 5.10 Å². The van der Waals surface area contributed by atoms with Gasteiger partial charge in [0.1, 0.15) is 12.0 Å². The van der Waals surface area contributed by atoms with E-state index in [0.717, 1.165) is 10.7 Å². The summed E-state index contributed by atoms with van der Waals surface area (Å²) >= 11 is 3.22. The van der Waals surface area contributed by atoms with E-state index in [1.54, 1.807) is 12.1 Å². The number of halogens is 1. The Morgan fingerprint density at radius 2 is 2.32 bits per heavy atom. The number of carbonyl (C=O) groups is 1. The number of aromatic nitrogens is 3. The summed E-state index contributed by atoms with van der Waals surface area (Å²) in [6, 6.07) is 3.29. The van der Waals surface area contributed by atoms with Crippen LogP contribution < -0.4 is 10.00 Å². The fraction of sp³-hybridized carbons (Fsp3) is 0.100. The summed E-state index contributed by atoms with van der Waals surface area (Å²) in [7, 11) is 1.51. The molecule has 2 aromatic rings. The third-order valence-corrected chi connectivity index (χ3v) is 2.82. The van der Waals surface area contributed by atoms with Gasteiger partial charge in [0, 0.05) is 10.7 Å². The Labute approximate surface area is 115 Å². The number of H-pyrrole nitrogens is 1. The van der Waals surface area contributed by atoms with E-state index in [1.165, 1.54) is 17.9 Å². The average molecular weight is 327 g/mol. The number of carbonyl (C=O) groups excluding carboxylic acids is 1. The number of nitrogens with one attached hydrogen (secondary N) is 2. The smallest absolute Gasteiger partial charge is 0.301 e. The topological polar surface area (TPSA) is 105 Å². The van der Waals surface area contributed by atoms with Gasteiger partial charge in [0.25, 0.3) is 0 Å². The van der Waals surface area contributed by atoms with Gasteiger partial charge in [-0.1, -0.05) is 0 Å². The molecule has 0 unspecified atom stereocenters. The molecule has 2 heterocycles. The molecule has 0 aliphatic heterocycles. The number of rotatable bonds is 3. The Morgan fingerprint density at radius 3 is 2.89 bits per heavy atom. The van der Waals surface area contributed by atoms with Crippen molar-refractivity contribution in [3.05, 3.63) is 44.8 Å². The summed E-state index contributed by atoms with van der Waals surface area (Å²) < 4.78 is 2.04. The molecule has 0 saturated carbocycles. The molecule has 8 nitrogen and oxygen atoms in total. The summed E-state index contributed by atoms with van der Waals surface area (Å²) in [5, 5.41) is 15.9. The second kappa shape index (κ2) is 5.14. The number of hydrogen-bond donors (Lipinski definition) is 2. The summed E-state index contributed by atoms with van der Waals surface area (Å²) in [4.78, 5) is 26.1. The number of pyridine rings is 1. The summed E-state index contributed by atoms with van der Waals surface area (Å²) in [5.41, 5.74) is -0.369. The lowest BCUT2D eigenvalue weighted by atomic mass is 10.3. The fourth-order valence-corrected chi connectivity index (χ4v) is 1.73. The maximum absolute atomic E-state index is 12.0. The molecule has 2 N–H and O–H groups in total. The van der Waals surface area contributed by atoms with Gasteiger partial charge in [0.05, 0.1) is 4.92 Å². The monoisotopic (exact) mass is 326 g/mol. The quantitative estimate of drug-likeness (QED) is 0.501. The van der Waals surface area contributed by atoms with E-state index in [0.29, 0.717) is 5.82 Å². The summed E-state index contributed by atoms with van der Waals surface area (Å²) in [6.07, 6.45) is 2.67. The second-order valence-corrected chi connectivity index (χ2v) is 4.55. The molecular weight excluding hydrogens is 318 g/mol. The molecular formula is C10H9BrN5O3+. The van der Waals surface area contributed by atoms with E-state index in [1.807, 2.05) is 0 Å². The number of aryl methyl sites for hydroxylation is 1. The lowest BCUT2D eigenvalue weighted by Crippen LogP contribution is -2.38. The third kappa shape index (κ3) is 2.76. The van der Waals surface area contributed by atoms with Crippen LogP contribution in [0.5, 0.6) is 0 Å². The van der Waals surface area contributed by atoms with E-state index in [9.17, 15) is 14.9 Å². The van der Waals surface area contributed by atoms with Crippen LogP contribution in [-0.2, 0) is 7.05 Å². The Bertz CT molecular complexity index is 637. The van der Waals surface area contributed by atoms with Gasteiger partial charge in [-0.05, 0) is 28.1 Å². The van der Waals surface area contributed by atoms with Crippen molar-refractivity contribution in [2.45, 2.75) is 0 Å². The molecule has 0 spiro atoms. The maximum atomic E-state index is 12.0.